The molecule has 0 aliphatic rings. The Labute approximate surface area is 152 Å². The van der Waals surface area contributed by atoms with Gasteiger partial charge >= 0.3 is 0 Å². The van der Waals surface area contributed by atoms with Gasteiger partial charge in [0.2, 0.25) is 5.91 Å². The number of rotatable bonds is 7. The number of nitrogen functional groups attached to an aromatic ring is 1. The second-order valence-electron chi connectivity index (χ2n) is 6.33. The van der Waals surface area contributed by atoms with Gasteiger partial charge in [-0.2, -0.15) is 0 Å². The lowest BCUT2D eigenvalue weighted by Crippen LogP contribution is -2.19. The molecule has 2 aromatic carbocycles. The van der Waals surface area contributed by atoms with Crippen LogP contribution in [-0.4, -0.2) is 10.5 Å². The molecule has 1 amide bonds. The molecule has 0 radical (unpaired) electrons. The number of fused-ring (bicyclic) bond motifs is 1. The number of nitrogens with two attached hydrogens (primary N) is 1. The van der Waals surface area contributed by atoms with Crippen LogP contribution in [0.3, 0.4) is 0 Å². The number of unbranched alkanes of at least 4 members (excludes halogenated alkanes) is 2. The maximum absolute atomic E-state index is 12.1. The Morgan fingerprint density at radius 3 is 2.54 bits per heavy atom. The van der Waals surface area contributed by atoms with Gasteiger partial charge in [0.1, 0.15) is 0 Å². The first-order valence-electron chi connectivity index (χ1n) is 8.88. The molecule has 3 N–H and O–H groups in total. The maximum Gasteiger partial charge on any atom is 0.251 e. The van der Waals surface area contributed by atoms with Crippen molar-refractivity contribution in [1.29, 1.82) is 0 Å². The highest BCUT2D eigenvalue weighted by Crippen LogP contribution is 2.17. The van der Waals surface area contributed by atoms with E-state index in [1.54, 1.807) is 22.8 Å². The van der Waals surface area contributed by atoms with Gasteiger partial charge in [-0.1, -0.05) is 36.8 Å². The fourth-order valence-corrected chi connectivity index (χ4v) is 3.03. The molecule has 0 aliphatic carbocycles. The molecule has 0 aliphatic heterocycles. The van der Waals surface area contributed by atoms with Crippen molar-refractivity contribution in [2.75, 3.05) is 11.1 Å². The molecule has 5 nitrogen and oxygen atoms in total. The van der Waals surface area contributed by atoms with Crippen LogP contribution in [0.25, 0.3) is 10.9 Å². The van der Waals surface area contributed by atoms with Gasteiger partial charge in [0.25, 0.3) is 5.56 Å². The molecular weight excluding hydrogens is 326 g/mol. The summed E-state index contributed by atoms with van der Waals surface area (Å²) in [5, 5.41) is 3.89. The number of carbonyl (C=O) groups excluding carboxylic acids is 1. The number of para-hydroxylation sites is 3. The number of hydrogen-bond acceptors (Lipinski definition) is 3. The Kier molecular flexibility index (Phi) is 5.69. The quantitative estimate of drug-likeness (QED) is 0.503. The summed E-state index contributed by atoms with van der Waals surface area (Å²) in [6.07, 6.45) is 2.96. The lowest BCUT2D eigenvalue weighted by Gasteiger charge is -2.10. The van der Waals surface area contributed by atoms with Crippen LogP contribution in [0.1, 0.15) is 25.7 Å². The van der Waals surface area contributed by atoms with Gasteiger partial charge < -0.3 is 15.6 Å². The minimum atomic E-state index is -0.0368. The zero-order valence-electron chi connectivity index (χ0n) is 14.7. The first-order chi connectivity index (χ1) is 12.6. The first-order valence-corrected chi connectivity index (χ1v) is 8.88. The van der Waals surface area contributed by atoms with Gasteiger partial charge in [0.05, 0.1) is 16.9 Å². The number of aryl methyl sites for hydroxylation is 1. The number of aromatic nitrogens is 1. The minimum Gasteiger partial charge on any atom is -0.397 e. The van der Waals surface area contributed by atoms with E-state index in [0.29, 0.717) is 24.3 Å². The molecule has 26 heavy (non-hydrogen) atoms. The summed E-state index contributed by atoms with van der Waals surface area (Å²) in [6, 6.07) is 18.6. The second kappa shape index (κ2) is 8.34. The number of nitrogens with one attached hydrogen (secondary N) is 1. The van der Waals surface area contributed by atoms with E-state index >= 15 is 0 Å². The van der Waals surface area contributed by atoms with Crippen LogP contribution in [0, 0.1) is 0 Å². The van der Waals surface area contributed by atoms with E-state index in [1.165, 1.54) is 0 Å². The maximum atomic E-state index is 12.1. The van der Waals surface area contributed by atoms with Crippen molar-refractivity contribution >= 4 is 28.2 Å². The van der Waals surface area contributed by atoms with E-state index in [4.69, 9.17) is 5.73 Å². The van der Waals surface area contributed by atoms with E-state index in [-0.39, 0.29) is 11.5 Å². The highest BCUT2D eigenvalue weighted by molar-refractivity contribution is 5.93. The molecule has 134 valence electrons. The normalized spacial score (nSPS) is 10.8. The topological polar surface area (TPSA) is 77.1 Å². The van der Waals surface area contributed by atoms with Gasteiger partial charge in [-0.25, -0.2) is 0 Å². The predicted molar refractivity (Wildman–Crippen MR) is 106 cm³/mol. The Morgan fingerprint density at radius 1 is 0.923 bits per heavy atom. The third-order valence-corrected chi connectivity index (χ3v) is 4.42. The lowest BCUT2D eigenvalue weighted by atomic mass is 10.1. The van der Waals surface area contributed by atoms with Gasteiger partial charge in [0, 0.05) is 19.0 Å². The van der Waals surface area contributed by atoms with Crippen LogP contribution in [0.4, 0.5) is 11.4 Å². The van der Waals surface area contributed by atoms with Crippen LogP contribution in [0.2, 0.25) is 0 Å². The lowest BCUT2D eigenvalue weighted by molar-refractivity contribution is -0.116. The number of nitrogens with zero attached hydrogens (tertiary/aromatic N) is 1. The molecule has 5 heteroatoms. The fraction of sp³-hybridized carbons (Fsp3) is 0.238. The summed E-state index contributed by atoms with van der Waals surface area (Å²) in [5.41, 5.74) is 8.01. The van der Waals surface area contributed by atoms with Crippen LogP contribution < -0.4 is 16.6 Å². The molecule has 1 aromatic heterocycles. The highest BCUT2D eigenvalue weighted by Gasteiger charge is 2.05. The smallest absolute Gasteiger partial charge is 0.251 e. The molecule has 3 rings (SSSR count). The van der Waals surface area contributed by atoms with Crippen LogP contribution in [0.15, 0.2) is 65.5 Å². The minimum absolute atomic E-state index is 0.0148. The number of carbonyl (C=O) groups is 1. The van der Waals surface area contributed by atoms with Crippen molar-refractivity contribution in [2.45, 2.75) is 32.2 Å². The summed E-state index contributed by atoms with van der Waals surface area (Å²) in [7, 11) is 0. The number of anilines is 2. The fourth-order valence-electron chi connectivity index (χ4n) is 3.03. The van der Waals surface area contributed by atoms with Crippen molar-refractivity contribution in [3.63, 3.8) is 0 Å². The molecule has 0 saturated heterocycles. The van der Waals surface area contributed by atoms with Crippen molar-refractivity contribution in [3.05, 3.63) is 71.0 Å². The van der Waals surface area contributed by atoms with Crippen molar-refractivity contribution < 1.29 is 4.79 Å². The SMILES string of the molecule is Nc1ccccc1NC(=O)CCCCCn1c(=O)ccc2ccccc21. The average molecular weight is 349 g/mol. The first kappa shape index (κ1) is 17.7. The summed E-state index contributed by atoms with van der Waals surface area (Å²) in [4.78, 5) is 24.1. The molecule has 3 aromatic rings. The zero-order chi connectivity index (χ0) is 18.4. The van der Waals surface area contributed by atoms with Crippen molar-refractivity contribution in [2.24, 2.45) is 0 Å². The molecule has 0 saturated carbocycles. The molecular formula is C21H23N3O2. The standard InChI is InChI=1S/C21H23N3O2/c22-17-9-4-5-10-18(17)23-20(25)12-2-1-7-15-24-19-11-6-3-8-16(19)13-14-21(24)26/h3-6,8-11,13-14H,1-2,7,12,15,22H2,(H,23,25). The summed E-state index contributed by atoms with van der Waals surface area (Å²) in [6.45, 7) is 0.660. The van der Waals surface area contributed by atoms with Crippen LogP contribution >= 0.6 is 0 Å². The molecule has 0 atom stereocenters. The van der Waals surface area contributed by atoms with Crippen molar-refractivity contribution in [3.8, 4) is 0 Å². The Balaban J connectivity index is 1.48. The average Bonchev–Trinajstić information content (AvgIpc) is 2.65. The van der Waals surface area contributed by atoms with Gasteiger partial charge in [-0.3, -0.25) is 9.59 Å². The monoisotopic (exact) mass is 349 g/mol. The van der Waals surface area contributed by atoms with E-state index in [9.17, 15) is 9.59 Å². The highest BCUT2D eigenvalue weighted by atomic mass is 16.1. The summed E-state index contributed by atoms with van der Waals surface area (Å²) >= 11 is 0. The number of pyridine rings is 1. The van der Waals surface area contributed by atoms with E-state index in [2.05, 4.69) is 5.32 Å². The molecule has 0 unspecified atom stereocenters. The van der Waals surface area contributed by atoms with Crippen LogP contribution in [0.5, 0.6) is 0 Å². The second-order valence-corrected chi connectivity index (χ2v) is 6.33. The van der Waals surface area contributed by atoms with Gasteiger partial charge in [-0.05, 0) is 42.5 Å². The molecule has 0 spiro atoms. The zero-order valence-corrected chi connectivity index (χ0v) is 14.7. The molecule has 1 heterocycles. The van der Waals surface area contributed by atoms with Crippen LogP contribution in [-0.2, 0) is 11.3 Å². The van der Waals surface area contributed by atoms with E-state index in [1.807, 2.05) is 42.5 Å². The predicted octanol–water partition coefficient (Wildman–Crippen LogP) is 3.78. The Morgan fingerprint density at radius 2 is 1.69 bits per heavy atom. The number of benzene rings is 2. The van der Waals surface area contributed by atoms with Gasteiger partial charge in [-0.15, -0.1) is 0 Å². The number of amides is 1. The third kappa shape index (κ3) is 4.30. The van der Waals surface area contributed by atoms with E-state index < -0.39 is 0 Å². The Hall–Kier alpha value is -3.08. The van der Waals surface area contributed by atoms with Gasteiger partial charge in [0.15, 0.2) is 0 Å². The summed E-state index contributed by atoms with van der Waals surface area (Å²) < 4.78 is 1.81. The Bertz CT molecular complexity index is 963. The molecule has 0 fully saturated rings. The van der Waals surface area contributed by atoms with Crippen molar-refractivity contribution in [1.82, 2.24) is 4.57 Å². The number of hydrogen-bond donors (Lipinski definition) is 2. The third-order valence-electron chi connectivity index (χ3n) is 4.42. The molecule has 0 bridgehead atoms. The summed E-state index contributed by atoms with van der Waals surface area (Å²) in [5.74, 6) is -0.0368. The van der Waals surface area contributed by atoms with E-state index in [0.717, 1.165) is 30.2 Å². The largest absolute Gasteiger partial charge is 0.397 e.